The van der Waals surface area contributed by atoms with Gasteiger partial charge in [0.1, 0.15) is 0 Å². The lowest BCUT2D eigenvalue weighted by Crippen LogP contribution is -2.08. The summed E-state index contributed by atoms with van der Waals surface area (Å²) in [6.45, 7) is 0. The van der Waals surface area contributed by atoms with Crippen molar-refractivity contribution < 1.29 is 0 Å². The molecule has 0 aliphatic rings. The minimum atomic E-state index is 0.846. The molecule has 0 aliphatic carbocycles. The summed E-state index contributed by atoms with van der Waals surface area (Å²) in [7, 11) is 0. The molecule has 0 aliphatic heterocycles. The van der Waals surface area contributed by atoms with Gasteiger partial charge in [-0.2, -0.15) is 0 Å². The summed E-state index contributed by atoms with van der Waals surface area (Å²) < 4.78 is 4.86. The van der Waals surface area contributed by atoms with Gasteiger partial charge in [0, 0.05) is 45.7 Å². The Morgan fingerprint density at radius 1 is 0.250 bits per heavy atom. The van der Waals surface area contributed by atoms with E-state index in [2.05, 4.69) is 251 Å². The first-order valence-electron chi connectivity index (χ1n) is 23.1. The summed E-state index contributed by atoms with van der Waals surface area (Å²) in [5, 5.41) is 4.69. The van der Waals surface area contributed by atoms with Crippen molar-refractivity contribution in [1.82, 2.24) is 19.1 Å². The van der Waals surface area contributed by atoms with Crippen molar-refractivity contribution in [3.8, 4) is 78.3 Å². The van der Waals surface area contributed by atoms with Crippen LogP contribution in [0.3, 0.4) is 0 Å². The molecule has 0 radical (unpaired) electrons. The van der Waals surface area contributed by atoms with Crippen molar-refractivity contribution in [1.29, 1.82) is 0 Å². The van der Waals surface area contributed by atoms with Crippen molar-refractivity contribution in [3.05, 3.63) is 255 Å². The molecule has 9 aromatic carbocycles. The van der Waals surface area contributed by atoms with Crippen molar-refractivity contribution in [2.75, 3.05) is 0 Å². The zero-order valence-corrected chi connectivity index (χ0v) is 37.0. The number of nitrogens with zero attached hydrogens (tertiary/aromatic N) is 4. The van der Waals surface area contributed by atoms with Crippen molar-refractivity contribution in [3.63, 3.8) is 0 Å². The number of benzene rings is 9. The van der Waals surface area contributed by atoms with Crippen LogP contribution in [-0.4, -0.2) is 19.1 Å². The molecule has 4 heteroatoms. The molecule has 0 amide bonds. The highest BCUT2D eigenvalue weighted by Crippen LogP contribution is 2.44. The molecular formula is C64H42N4. The molecule has 68 heavy (non-hydrogen) atoms. The number of hydrogen-bond acceptors (Lipinski definition) is 2. The summed E-state index contributed by atoms with van der Waals surface area (Å²) in [6.07, 6.45) is 5.68. The molecule has 4 nitrogen and oxygen atoms in total. The highest BCUT2D eigenvalue weighted by molar-refractivity contribution is 6.14. The number of pyridine rings is 2. The molecule has 4 aromatic heterocycles. The number of hydrogen-bond donors (Lipinski definition) is 0. The average Bonchev–Trinajstić information content (AvgIpc) is 3.93. The van der Waals surface area contributed by atoms with E-state index in [1.807, 2.05) is 18.6 Å². The Kier molecular flexibility index (Phi) is 9.47. The van der Waals surface area contributed by atoms with Crippen LogP contribution in [0, 0.1) is 0 Å². The van der Waals surface area contributed by atoms with Gasteiger partial charge in [-0.1, -0.05) is 170 Å². The Labute approximate surface area is 394 Å². The zero-order chi connectivity index (χ0) is 45.0. The maximum atomic E-state index is 5.47. The average molecular weight is 867 g/mol. The fourth-order valence-electron chi connectivity index (χ4n) is 10.2. The second-order valence-corrected chi connectivity index (χ2v) is 17.4. The molecule has 0 spiro atoms. The predicted octanol–water partition coefficient (Wildman–Crippen LogP) is 16.7. The molecular weight excluding hydrogens is 825 g/mol. The maximum Gasteiger partial charge on any atom is 0.162 e. The monoisotopic (exact) mass is 866 g/mol. The second-order valence-electron chi connectivity index (χ2n) is 17.4. The van der Waals surface area contributed by atoms with Gasteiger partial charge in [-0.05, 0) is 128 Å². The molecule has 0 bridgehead atoms. The Balaban J connectivity index is 1.13. The van der Waals surface area contributed by atoms with E-state index in [0.29, 0.717) is 0 Å². The lowest BCUT2D eigenvalue weighted by atomic mass is 10.00. The molecule has 0 N–H and O–H groups in total. The largest absolute Gasteiger partial charge is 0.305 e. The predicted molar refractivity (Wildman–Crippen MR) is 283 cm³/mol. The van der Waals surface area contributed by atoms with E-state index < -0.39 is 0 Å². The van der Waals surface area contributed by atoms with E-state index in [1.165, 1.54) is 66.1 Å². The summed E-state index contributed by atoms with van der Waals surface area (Å²) in [5.41, 5.74) is 19.2. The van der Waals surface area contributed by atoms with E-state index in [4.69, 9.17) is 4.98 Å². The van der Waals surface area contributed by atoms with Gasteiger partial charge in [-0.15, -0.1) is 0 Å². The molecule has 13 aromatic rings. The van der Waals surface area contributed by atoms with Crippen LogP contribution in [0.4, 0.5) is 0 Å². The third-order valence-electron chi connectivity index (χ3n) is 13.5. The van der Waals surface area contributed by atoms with Crippen LogP contribution in [0.25, 0.3) is 122 Å². The molecule has 13 rings (SSSR count). The van der Waals surface area contributed by atoms with Crippen LogP contribution < -0.4 is 0 Å². The fourth-order valence-corrected chi connectivity index (χ4v) is 10.2. The third kappa shape index (κ3) is 6.69. The zero-order valence-electron chi connectivity index (χ0n) is 37.0. The second kappa shape index (κ2) is 16.4. The normalized spacial score (nSPS) is 11.5. The van der Waals surface area contributed by atoms with E-state index in [0.717, 1.165) is 55.8 Å². The van der Waals surface area contributed by atoms with Crippen LogP contribution >= 0.6 is 0 Å². The summed E-state index contributed by atoms with van der Waals surface area (Å²) >= 11 is 0. The molecule has 4 heterocycles. The standard InChI is InChI=1S/C64H42N4/c1-5-13-43(14-6-1)50-25-29-59-55(39-50)56-40-51(44-15-7-2-8-16-44)26-30-60(56)67(59)63-54(49-23-21-47(22-24-49)48-33-36-65-37-34-48)35-38-66-64(63)68-61-31-27-52(45-17-9-3-10-18-45)41-57(61)58-42-53(28-32-62(58)68)46-19-11-4-12-20-46/h1-42H. The van der Waals surface area contributed by atoms with Crippen molar-refractivity contribution in [2.45, 2.75) is 0 Å². The minimum Gasteiger partial charge on any atom is -0.305 e. The van der Waals surface area contributed by atoms with E-state index in [-0.39, 0.29) is 0 Å². The van der Waals surface area contributed by atoms with Gasteiger partial charge in [-0.25, -0.2) is 4.98 Å². The maximum absolute atomic E-state index is 5.47. The first-order valence-corrected chi connectivity index (χ1v) is 23.1. The van der Waals surface area contributed by atoms with Crippen LogP contribution in [0.2, 0.25) is 0 Å². The molecule has 0 saturated heterocycles. The molecule has 0 unspecified atom stereocenters. The van der Waals surface area contributed by atoms with Gasteiger partial charge >= 0.3 is 0 Å². The van der Waals surface area contributed by atoms with Gasteiger partial charge < -0.3 is 4.57 Å². The SMILES string of the molecule is c1ccc(-c2ccc3c(c2)c2cc(-c4ccccc4)ccc2n3-c2nccc(-c3ccc(-c4ccncc4)cc3)c2-n2c3ccc(-c4ccccc4)cc3c3cc(-c4ccccc4)ccc32)cc1. The van der Waals surface area contributed by atoms with Crippen molar-refractivity contribution >= 4 is 43.6 Å². The molecule has 0 atom stereocenters. The quantitative estimate of drug-likeness (QED) is 0.153. The fraction of sp³-hybridized carbons (Fsp3) is 0. The van der Waals surface area contributed by atoms with Gasteiger partial charge in [-0.3, -0.25) is 9.55 Å². The van der Waals surface area contributed by atoms with Gasteiger partial charge in [0.25, 0.3) is 0 Å². The highest BCUT2D eigenvalue weighted by Gasteiger charge is 2.25. The van der Waals surface area contributed by atoms with Crippen LogP contribution in [0.5, 0.6) is 0 Å². The Bertz CT molecular complexity index is 3780. The third-order valence-corrected chi connectivity index (χ3v) is 13.5. The first-order chi connectivity index (χ1) is 33.7. The smallest absolute Gasteiger partial charge is 0.162 e. The molecule has 318 valence electrons. The highest BCUT2D eigenvalue weighted by atomic mass is 15.1. The van der Waals surface area contributed by atoms with Crippen LogP contribution in [-0.2, 0) is 0 Å². The van der Waals surface area contributed by atoms with Crippen LogP contribution in [0.15, 0.2) is 255 Å². The number of aromatic nitrogens is 4. The van der Waals surface area contributed by atoms with Gasteiger partial charge in [0.15, 0.2) is 5.82 Å². The lowest BCUT2D eigenvalue weighted by molar-refractivity contribution is 1.03. The summed E-state index contributed by atoms with van der Waals surface area (Å²) in [6, 6.07) is 85.6. The van der Waals surface area contributed by atoms with Gasteiger partial charge in [0.05, 0.1) is 27.8 Å². The number of fused-ring (bicyclic) bond motifs is 6. The van der Waals surface area contributed by atoms with Crippen molar-refractivity contribution in [2.24, 2.45) is 0 Å². The summed E-state index contributed by atoms with van der Waals surface area (Å²) in [4.78, 5) is 9.75. The van der Waals surface area contributed by atoms with Crippen LogP contribution in [0.1, 0.15) is 0 Å². The summed E-state index contributed by atoms with van der Waals surface area (Å²) in [5.74, 6) is 0.846. The van der Waals surface area contributed by atoms with E-state index >= 15 is 0 Å². The molecule has 0 saturated carbocycles. The number of rotatable bonds is 8. The van der Waals surface area contributed by atoms with E-state index in [9.17, 15) is 0 Å². The Morgan fingerprint density at radius 3 is 0.971 bits per heavy atom. The van der Waals surface area contributed by atoms with E-state index in [1.54, 1.807) is 0 Å². The minimum absolute atomic E-state index is 0.846. The lowest BCUT2D eigenvalue weighted by Gasteiger charge is -2.20. The Hall–Kier alpha value is -9.12. The van der Waals surface area contributed by atoms with Gasteiger partial charge in [0.2, 0.25) is 0 Å². The topological polar surface area (TPSA) is 35.6 Å². The first kappa shape index (κ1) is 39.3. The Morgan fingerprint density at radius 2 is 0.574 bits per heavy atom. The molecule has 0 fully saturated rings.